The minimum Gasteiger partial charge on any atom is -0.399 e. The highest BCUT2D eigenvalue weighted by Crippen LogP contribution is 2.24. The molecule has 0 heterocycles. The Bertz CT molecular complexity index is 642. The monoisotopic (exact) mass is 310 g/mol. The van der Waals surface area contributed by atoms with Gasteiger partial charge in [-0.15, -0.1) is 0 Å². The van der Waals surface area contributed by atoms with Crippen molar-refractivity contribution >= 4 is 11.6 Å². The summed E-state index contributed by atoms with van der Waals surface area (Å²) in [6, 6.07) is 16.1. The van der Waals surface area contributed by atoms with Crippen LogP contribution in [0.15, 0.2) is 48.5 Å². The molecule has 0 saturated carbocycles. The van der Waals surface area contributed by atoms with Crippen LogP contribution in [-0.4, -0.2) is 12.5 Å². The number of nitrogens with one attached hydrogen (secondary N) is 1. The zero-order valence-corrected chi connectivity index (χ0v) is 14.2. The van der Waals surface area contributed by atoms with E-state index in [1.807, 2.05) is 38.1 Å². The molecule has 3 heteroatoms. The number of nitrogen functional groups attached to an aromatic ring is 1. The molecule has 1 amide bonds. The number of carbonyl (C=O) groups excluding carboxylic acids is 1. The van der Waals surface area contributed by atoms with Crippen molar-refractivity contribution in [1.29, 1.82) is 0 Å². The van der Waals surface area contributed by atoms with Gasteiger partial charge in [0.25, 0.3) is 0 Å². The first-order valence-electron chi connectivity index (χ1n) is 8.15. The number of benzene rings is 2. The highest BCUT2D eigenvalue weighted by Gasteiger charge is 2.29. The lowest BCUT2D eigenvalue weighted by Gasteiger charge is -2.24. The molecule has 2 aromatic rings. The molecule has 0 saturated heterocycles. The fourth-order valence-corrected chi connectivity index (χ4v) is 2.51. The van der Waals surface area contributed by atoms with Crippen LogP contribution in [0.2, 0.25) is 0 Å². The number of aryl methyl sites for hydroxylation is 1. The summed E-state index contributed by atoms with van der Waals surface area (Å²) in [7, 11) is 0. The van der Waals surface area contributed by atoms with Crippen molar-refractivity contribution in [1.82, 2.24) is 5.32 Å². The van der Waals surface area contributed by atoms with E-state index >= 15 is 0 Å². The van der Waals surface area contributed by atoms with Crippen LogP contribution in [0.5, 0.6) is 0 Å². The quantitative estimate of drug-likeness (QED) is 0.803. The van der Waals surface area contributed by atoms with Crippen molar-refractivity contribution in [2.45, 2.75) is 39.0 Å². The molecule has 0 spiro atoms. The van der Waals surface area contributed by atoms with Gasteiger partial charge < -0.3 is 11.1 Å². The van der Waals surface area contributed by atoms with Gasteiger partial charge in [0.2, 0.25) is 5.91 Å². The van der Waals surface area contributed by atoms with Crippen LogP contribution < -0.4 is 11.1 Å². The minimum absolute atomic E-state index is 0.0530. The molecular weight excluding hydrogens is 284 g/mol. The van der Waals surface area contributed by atoms with Gasteiger partial charge in [0, 0.05) is 12.2 Å². The molecule has 122 valence electrons. The van der Waals surface area contributed by atoms with Gasteiger partial charge in [-0.3, -0.25) is 4.79 Å². The lowest BCUT2D eigenvalue weighted by atomic mass is 9.83. The molecule has 0 aliphatic rings. The Morgan fingerprint density at radius 3 is 2.13 bits per heavy atom. The van der Waals surface area contributed by atoms with E-state index in [0.717, 1.165) is 24.1 Å². The summed E-state index contributed by atoms with van der Waals surface area (Å²) in [6.07, 6.45) is 1.81. The maximum atomic E-state index is 12.5. The van der Waals surface area contributed by atoms with Crippen molar-refractivity contribution in [2.75, 3.05) is 12.3 Å². The highest BCUT2D eigenvalue weighted by molar-refractivity contribution is 5.87. The van der Waals surface area contributed by atoms with Gasteiger partial charge in [0.05, 0.1) is 5.41 Å². The van der Waals surface area contributed by atoms with Crippen LogP contribution in [0.1, 0.15) is 37.5 Å². The second kappa shape index (κ2) is 7.32. The van der Waals surface area contributed by atoms with E-state index in [0.29, 0.717) is 6.54 Å². The molecule has 0 fully saturated rings. The Balaban J connectivity index is 1.93. The molecule has 0 atom stereocenters. The highest BCUT2D eigenvalue weighted by atomic mass is 16.2. The topological polar surface area (TPSA) is 55.1 Å². The number of hydrogen-bond acceptors (Lipinski definition) is 2. The van der Waals surface area contributed by atoms with Crippen molar-refractivity contribution < 1.29 is 4.79 Å². The van der Waals surface area contributed by atoms with Crippen LogP contribution in [-0.2, 0) is 23.1 Å². The molecule has 2 rings (SSSR count). The number of nitrogens with two attached hydrogens (primary N) is 1. The fourth-order valence-electron chi connectivity index (χ4n) is 2.51. The van der Waals surface area contributed by atoms with Gasteiger partial charge in [-0.2, -0.15) is 0 Å². The largest absolute Gasteiger partial charge is 0.399 e. The Morgan fingerprint density at radius 2 is 1.57 bits per heavy atom. The summed E-state index contributed by atoms with van der Waals surface area (Å²) in [5.41, 5.74) is 9.40. The fraction of sp³-hybridized carbons (Fsp3) is 0.350. The first-order chi connectivity index (χ1) is 10.9. The van der Waals surface area contributed by atoms with Crippen LogP contribution in [0.25, 0.3) is 0 Å². The van der Waals surface area contributed by atoms with Gasteiger partial charge in [-0.25, -0.2) is 0 Å². The molecule has 23 heavy (non-hydrogen) atoms. The van der Waals surface area contributed by atoms with Crippen molar-refractivity contribution in [3.63, 3.8) is 0 Å². The van der Waals surface area contributed by atoms with E-state index in [9.17, 15) is 4.79 Å². The summed E-state index contributed by atoms with van der Waals surface area (Å²) in [6.45, 7) is 6.68. The first-order valence-corrected chi connectivity index (χ1v) is 8.15. The first kappa shape index (κ1) is 17.1. The van der Waals surface area contributed by atoms with E-state index in [1.165, 1.54) is 11.1 Å². The minimum atomic E-state index is -0.534. The zero-order chi connectivity index (χ0) is 16.9. The molecular formula is C20H26N2O. The SMILES string of the molecule is CCc1ccc(C(C)(C)C(=O)NCCc2ccc(N)cc2)cc1. The second-order valence-electron chi connectivity index (χ2n) is 6.42. The molecule has 3 nitrogen and oxygen atoms in total. The Morgan fingerprint density at radius 1 is 1.00 bits per heavy atom. The maximum Gasteiger partial charge on any atom is 0.230 e. The van der Waals surface area contributed by atoms with Gasteiger partial charge in [0.1, 0.15) is 0 Å². The maximum absolute atomic E-state index is 12.5. The third-order valence-corrected chi connectivity index (χ3v) is 4.33. The summed E-state index contributed by atoms with van der Waals surface area (Å²) < 4.78 is 0. The Labute approximate surface area is 138 Å². The zero-order valence-electron chi connectivity index (χ0n) is 14.2. The van der Waals surface area contributed by atoms with Crippen molar-refractivity contribution in [3.05, 3.63) is 65.2 Å². The van der Waals surface area contributed by atoms with Gasteiger partial charge in [-0.05, 0) is 55.5 Å². The second-order valence-corrected chi connectivity index (χ2v) is 6.42. The molecule has 2 aromatic carbocycles. The normalized spacial score (nSPS) is 11.3. The molecule has 0 unspecified atom stereocenters. The lowest BCUT2D eigenvalue weighted by Crippen LogP contribution is -2.40. The van der Waals surface area contributed by atoms with Crippen LogP contribution in [0.4, 0.5) is 5.69 Å². The summed E-state index contributed by atoms with van der Waals surface area (Å²) in [5.74, 6) is 0.0530. The molecule has 0 aliphatic carbocycles. The molecule has 0 bridgehead atoms. The van der Waals surface area contributed by atoms with E-state index in [-0.39, 0.29) is 5.91 Å². The lowest BCUT2D eigenvalue weighted by molar-refractivity contribution is -0.125. The number of carbonyl (C=O) groups is 1. The molecule has 0 aliphatic heterocycles. The van der Waals surface area contributed by atoms with Crippen LogP contribution in [0, 0.1) is 0 Å². The van der Waals surface area contributed by atoms with Gasteiger partial charge in [-0.1, -0.05) is 43.3 Å². The molecule has 3 N–H and O–H groups in total. The number of anilines is 1. The smallest absolute Gasteiger partial charge is 0.230 e. The average molecular weight is 310 g/mol. The Kier molecular flexibility index (Phi) is 5.43. The van der Waals surface area contributed by atoms with Crippen LogP contribution in [0.3, 0.4) is 0 Å². The Hall–Kier alpha value is -2.29. The predicted molar refractivity (Wildman–Crippen MR) is 96.4 cm³/mol. The number of rotatable bonds is 6. The van der Waals surface area contributed by atoms with E-state index in [1.54, 1.807) is 0 Å². The number of amides is 1. The van der Waals surface area contributed by atoms with E-state index < -0.39 is 5.41 Å². The van der Waals surface area contributed by atoms with Gasteiger partial charge in [0.15, 0.2) is 0 Å². The third kappa shape index (κ3) is 4.35. The third-order valence-electron chi connectivity index (χ3n) is 4.33. The molecule has 0 aromatic heterocycles. The number of hydrogen-bond donors (Lipinski definition) is 2. The standard InChI is InChI=1S/C20H26N2O/c1-4-15-5-9-17(10-6-15)20(2,3)19(23)22-14-13-16-7-11-18(21)12-8-16/h5-12H,4,13-14,21H2,1-3H3,(H,22,23). The summed E-state index contributed by atoms with van der Waals surface area (Å²) in [5, 5.41) is 3.04. The van der Waals surface area contributed by atoms with E-state index in [2.05, 4.69) is 36.5 Å². The average Bonchev–Trinajstić information content (AvgIpc) is 2.56. The van der Waals surface area contributed by atoms with E-state index in [4.69, 9.17) is 5.73 Å². The van der Waals surface area contributed by atoms with Gasteiger partial charge >= 0.3 is 0 Å². The van der Waals surface area contributed by atoms with Crippen LogP contribution >= 0.6 is 0 Å². The van der Waals surface area contributed by atoms with Crippen molar-refractivity contribution in [3.8, 4) is 0 Å². The van der Waals surface area contributed by atoms with Crippen molar-refractivity contribution in [2.24, 2.45) is 0 Å². The predicted octanol–water partition coefficient (Wildman–Crippen LogP) is 3.47. The summed E-state index contributed by atoms with van der Waals surface area (Å²) in [4.78, 5) is 12.5. The molecule has 0 radical (unpaired) electrons. The summed E-state index contributed by atoms with van der Waals surface area (Å²) >= 11 is 0.